The zero-order valence-electron chi connectivity index (χ0n) is 6.21. The number of hydrogen-bond donors (Lipinski definition) is 0. The predicted molar refractivity (Wildman–Crippen MR) is 34.7 cm³/mol. The molecule has 3 unspecified atom stereocenters. The van der Waals surface area contributed by atoms with Crippen LogP contribution in [0.5, 0.6) is 0 Å². The van der Waals surface area contributed by atoms with Crippen LogP contribution in [0.25, 0.3) is 0 Å². The summed E-state index contributed by atoms with van der Waals surface area (Å²) in [5, 5.41) is 0. The maximum Gasteiger partial charge on any atom is 0.513 e. The number of alkyl halides is 1. The molecule has 1 aliphatic heterocycles. The van der Waals surface area contributed by atoms with Gasteiger partial charge >= 0.3 is 7.91 Å². The van der Waals surface area contributed by atoms with E-state index < -0.39 is 26.3 Å². The summed E-state index contributed by atoms with van der Waals surface area (Å²) in [6.45, 7) is 1.99. The lowest BCUT2D eigenvalue weighted by atomic mass is 10.1. The van der Waals surface area contributed by atoms with Gasteiger partial charge in [0.25, 0.3) is 0 Å². The minimum absolute atomic E-state index is 0.526. The SMILES string of the molecule is CC1OP(=O)(F)OCC1(C)F. The number of rotatable bonds is 0. The molecule has 0 aromatic carbocycles. The van der Waals surface area contributed by atoms with Crippen LogP contribution in [-0.4, -0.2) is 18.4 Å². The lowest BCUT2D eigenvalue weighted by Gasteiger charge is -2.32. The van der Waals surface area contributed by atoms with E-state index in [0.29, 0.717) is 0 Å². The van der Waals surface area contributed by atoms with E-state index in [1.165, 1.54) is 13.8 Å². The highest BCUT2D eigenvalue weighted by molar-refractivity contribution is 7.48. The van der Waals surface area contributed by atoms with Crippen LogP contribution >= 0.6 is 7.91 Å². The van der Waals surface area contributed by atoms with E-state index in [2.05, 4.69) is 9.05 Å². The predicted octanol–water partition coefficient (Wildman–Crippen LogP) is 2.23. The van der Waals surface area contributed by atoms with Crippen molar-refractivity contribution >= 4 is 7.91 Å². The van der Waals surface area contributed by atoms with Crippen molar-refractivity contribution in [2.45, 2.75) is 25.6 Å². The Labute approximate surface area is 63.3 Å². The van der Waals surface area contributed by atoms with Gasteiger partial charge in [-0.15, -0.1) is 4.20 Å². The summed E-state index contributed by atoms with van der Waals surface area (Å²) in [6.07, 6.45) is -1.04. The smallest absolute Gasteiger partial charge is 0.280 e. The van der Waals surface area contributed by atoms with E-state index in [9.17, 15) is 13.2 Å². The maximum atomic E-state index is 13.1. The van der Waals surface area contributed by atoms with Crippen LogP contribution in [0.2, 0.25) is 0 Å². The van der Waals surface area contributed by atoms with Crippen molar-refractivity contribution in [1.29, 1.82) is 0 Å². The van der Waals surface area contributed by atoms with Crippen LogP contribution in [0.3, 0.4) is 0 Å². The number of halogens is 2. The molecule has 1 heterocycles. The summed E-state index contributed by atoms with van der Waals surface area (Å²) >= 11 is 0. The van der Waals surface area contributed by atoms with E-state index in [0.717, 1.165) is 0 Å². The summed E-state index contributed by atoms with van der Waals surface area (Å²) in [5.41, 5.74) is -1.76. The molecule has 0 spiro atoms. The van der Waals surface area contributed by atoms with E-state index in [1.807, 2.05) is 0 Å². The normalized spacial score (nSPS) is 52.5. The Balaban J connectivity index is 2.70. The minimum Gasteiger partial charge on any atom is -0.280 e. The van der Waals surface area contributed by atoms with Crippen LogP contribution in [0, 0.1) is 0 Å². The van der Waals surface area contributed by atoms with Crippen LogP contribution in [0.1, 0.15) is 13.8 Å². The molecule has 0 aromatic heterocycles. The third-order valence-corrected chi connectivity index (χ3v) is 2.64. The van der Waals surface area contributed by atoms with Gasteiger partial charge in [0.05, 0.1) is 6.61 Å². The molecule has 66 valence electrons. The van der Waals surface area contributed by atoms with Crippen molar-refractivity contribution in [3.05, 3.63) is 0 Å². The van der Waals surface area contributed by atoms with E-state index in [1.54, 1.807) is 0 Å². The molecule has 0 N–H and O–H groups in total. The van der Waals surface area contributed by atoms with Crippen molar-refractivity contribution in [3.63, 3.8) is 0 Å². The summed E-state index contributed by atoms with van der Waals surface area (Å²) in [7, 11) is -4.46. The molecule has 11 heavy (non-hydrogen) atoms. The average Bonchev–Trinajstić information content (AvgIpc) is 1.81. The third kappa shape index (κ3) is 1.98. The third-order valence-electron chi connectivity index (χ3n) is 1.63. The van der Waals surface area contributed by atoms with Gasteiger partial charge in [0.15, 0.2) is 5.67 Å². The molecular formula is C5H9F2O3P. The molecule has 1 rings (SSSR count). The largest absolute Gasteiger partial charge is 0.513 e. The molecule has 0 saturated carbocycles. The van der Waals surface area contributed by atoms with Gasteiger partial charge in [-0.2, -0.15) is 0 Å². The number of hydrogen-bond acceptors (Lipinski definition) is 3. The zero-order valence-corrected chi connectivity index (χ0v) is 7.11. The van der Waals surface area contributed by atoms with Crippen molar-refractivity contribution in [2.75, 3.05) is 6.61 Å². The van der Waals surface area contributed by atoms with Gasteiger partial charge in [-0.05, 0) is 13.8 Å². The Morgan fingerprint density at radius 3 is 2.64 bits per heavy atom. The second kappa shape index (κ2) is 2.51. The fraction of sp³-hybridized carbons (Fsp3) is 1.00. The molecular weight excluding hydrogens is 177 g/mol. The first kappa shape index (κ1) is 9.10. The summed E-state index contributed by atoms with van der Waals surface area (Å²) < 4.78 is 44.2. The second-order valence-corrected chi connectivity index (χ2v) is 4.06. The van der Waals surface area contributed by atoms with Gasteiger partial charge in [0.1, 0.15) is 6.10 Å². The Morgan fingerprint density at radius 1 is 1.73 bits per heavy atom. The Hall–Kier alpha value is 0.01000. The lowest BCUT2D eigenvalue weighted by molar-refractivity contribution is -0.0583. The summed E-state index contributed by atoms with van der Waals surface area (Å²) in [6, 6.07) is 0. The molecule has 0 radical (unpaired) electrons. The first-order valence-corrected chi connectivity index (χ1v) is 4.58. The van der Waals surface area contributed by atoms with Crippen molar-refractivity contribution in [2.24, 2.45) is 0 Å². The molecule has 0 aliphatic carbocycles. The maximum absolute atomic E-state index is 13.1. The highest BCUT2D eigenvalue weighted by atomic mass is 31.2. The first-order chi connectivity index (χ1) is 4.83. The van der Waals surface area contributed by atoms with Crippen LogP contribution in [-0.2, 0) is 13.6 Å². The molecule has 1 fully saturated rings. The fourth-order valence-electron chi connectivity index (χ4n) is 0.650. The monoisotopic (exact) mass is 186 g/mol. The second-order valence-electron chi connectivity index (χ2n) is 2.73. The minimum atomic E-state index is -4.46. The van der Waals surface area contributed by atoms with E-state index >= 15 is 0 Å². The van der Waals surface area contributed by atoms with Crippen LogP contribution in [0.15, 0.2) is 0 Å². The molecule has 6 heteroatoms. The Bertz CT molecular complexity index is 206. The Morgan fingerprint density at radius 2 is 2.27 bits per heavy atom. The van der Waals surface area contributed by atoms with Gasteiger partial charge in [-0.3, -0.25) is 9.05 Å². The van der Waals surface area contributed by atoms with Gasteiger partial charge in [-0.25, -0.2) is 8.96 Å². The standard InChI is InChI=1S/C5H9F2O3P/c1-4-5(2,6)3-9-11(7,8)10-4/h4H,3H2,1-2H3. The average molecular weight is 186 g/mol. The molecule has 0 aromatic rings. The van der Waals surface area contributed by atoms with Gasteiger partial charge in [-0.1, -0.05) is 0 Å². The topological polar surface area (TPSA) is 35.5 Å². The molecule has 1 aliphatic rings. The molecule has 3 atom stereocenters. The van der Waals surface area contributed by atoms with E-state index in [-0.39, 0.29) is 0 Å². The highest BCUT2D eigenvalue weighted by Crippen LogP contribution is 2.56. The molecule has 1 saturated heterocycles. The summed E-state index contributed by atoms with van der Waals surface area (Å²) in [5.74, 6) is 0. The van der Waals surface area contributed by atoms with Crippen molar-refractivity contribution < 1.29 is 22.2 Å². The van der Waals surface area contributed by atoms with E-state index in [4.69, 9.17) is 0 Å². The fourth-order valence-corrected chi connectivity index (χ4v) is 1.71. The molecule has 3 nitrogen and oxygen atoms in total. The molecule has 0 bridgehead atoms. The Kier molecular flexibility index (Phi) is 2.07. The van der Waals surface area contributed by atoms with Crippen molar-refractivity contribution in [1.82, 2.24) is 0 Å². The first-order valence-electron chi connectivity index (χ1n) is 3.15. The van der Waals surface area contributed by atoms with Gasteiger partial charge in [0.2, 0.25) is 0 Å². The van der Waals surface area contributed by atoms with Crippen molar-refractivity contribution in [3.8, 4) is 0 Å². The van der Waals surface area contributed by atoms with Gasteiger partial charge < -0.3 is 0 Å². The van der Waals surface area contributed by atoms with Crippen LogP contribution in [0.4, 0.5) is 8.59 Å². The highest BCUT2D eigenvalue weighted by Gasteiger charge is 2.45. The molecule has 0 amide bonds. The zero-order chi connectivity index (χ0) is 8.70. The lowest BCUT2D eigenvalue weighted by Crippen LogP contribution is -2.41. The van der Waals surface area contributed by atoms with Gasteiger partial charge in [0, 0.05) is 0 Å². The quantitative estimate of drug-likeness (QED) is 0.544. The van der Waals surface area contributed by atoms with Crippen LogP contribution < -0.4 is 0 Å². The summed E-state index contributed by atoms with van der Waals surface area (Å²) in [4.78, 5) is 0.